The lowest BCUT2D eigenvalue weighted by molar-refractivity contribution is -0.130. The monoisotopic (exact) mass is 327 g/mol. The molecule has 0 aliphatic rings. The molecular formula is C14H22BrN3O. The number of hydrogen-bond donors (Lipinski definition) is 1. The summed E-state index contributed by atoms with van der Waals surface area (Å²) < 4.78 is 1.04. The second-order valence-electron chi connectivity index (χ2n) is 4.65. The molecule has 0 aromatic heterocycles. The van der Waals surface area contributed by atoms with Gasteiger partial charge in [0, 0.05) is 31.2 Å². The van der Waals surface area contributed by atoms with Crippen LogP contribution in [-0.2, 0) is 4.79 Å². The van der Waals surface area contributed by atoms with Gasteiger partial charge < -0.3 is 10.6 Å². The molecule has 4 nitrogen and oxygen atoms in total. The van der Waals surface area contributed by atoms with E-state index in [9.17, 15) is 4.79 Å². The maximum Gasteiger partial charge on any atom is 0.236 e. The molecule has 0 aliphatic heterocycles. The number of likely N-dealkylation sites (N-methyl/N-ethyl adjacent to an activating group) is 2. The van der Waals surface area contributed by atoms with Crippen molar-refractivity contribution in [3.05, 3.63) is 34.3 Å². The molecule has 1 aromatic carbocycles. The van der Waals surface area contributed by atoms with Gasteiger partial charge in [-0.25, -0.2) is 0 Å². The van der Waals surface area contributed by atoms with Crippen LogP contribution in [0.25, 0.3) is 0 Å². The molecule has 1 rings (SSSR count). The molecule has 0 radical (unpaired) electrons. The highest BCUT2D eigenvalue weighted by molar-refractivity contribution is 9.10. The number of carbonyl (C=O) groups excluding carboxylic acids is 1. The van der Waals surface area contributed by atoms with Crippen LogP contribution in [-0.4, -0.2) is 49.4 Å². The van der Waals surface area contributed by atoms with Crippen molar-refractivity contribution < 1.29 is 4.79 Å². The van der Waals surface area contributed by atoms with E-state index in [0.29, 0.717) is 13.1 Å². The number of carbonyl (C=O) groups is 1. The van der Waals surface area contributed by atoms with E-state index in [1.54, 1.807) is 19.0 Å². The molecule has 0 aliphatic carbocycles. The summed E-state index contributed by atoms with van der Waals surface area (Å²) in [6.07, 6.45) is 0. The van der Waals surface area contributed by atoms with Crippen molar-refractivity contribution in [1.29, 1.82) is 0 Å². The van der Waals surface area contributed by atoms with Gasteiger partial charge in [0.1, 0.15) is 0 Å². The van der Waals surface area contributed by atoms with Crippen molar-refractivity contribution in [1.82, 2.24) is 9.80 Å². The molecule has 0 fully saturated rings. The maximum absolute atomic E-state index is 11.9. The second kappa shape index (κ2) is 7.62. The van der Waals surface area contributed by atoms with E-state index in [1.807, 2.05) is 31.2 Å². The van der Waals surface area contributed by atoms with Gasteiger partial charge in [-0.1, -0.05) is 35.0 Å². The van der Waals surface area contributed by atoms with E-state index in [4.69, 9.17) is 5.73 Å². The number of rotatable bonds is 6. The summed E-state index contributed by atoms with van der Waals surface area (Å²) in [7, 11) is 3.54. The first-order valence-electron chi connectivity index (χ1n) is 6.39. The normalized spacial score (nSPS) is 12.5. The first-order valence-corrected chi connectivity index (χ1v) is 7.18. The van der Waals surface area contributed by atoms with Gasteiger partial charge in [-0.3, -0.25) is 9.69 Å². The standard InChI is InChI=1S/C14H22BrN3O/c1-4-18(10-14(19)17(2)3)13(9-16)11-5-7-12(15)8-6-11/h5-8,13H,4,9-10,16H2,1-3H3. The summed E-state index contributed by atoms with van der Waals surface area (Å²) in [6, 6.07) is 8.16. The Balaban J connectivity index is 2.86. The summed E-state index contributed by atoms with van der Waals surface area (Å²) in [5, 5.41) is 0. The van der Waals surface area contributed by atoms with Crippen LogP contribution in [0, 0.1) is 0 Å². The van der Waals surface area contributed by atoms with Crippen molar-refractivity contribution in [2.75, 3.05) is 33.7 Å². The highest BCUT2D eigenvalue weighted by Crippen LogP contribution is 2.21. The topological polar surface area (TPSA) is 49.6 Å². The van der Waals surface area contributed by atoms with E-state index in [-0.39, 0.29) is 11.9 Å². The zero-order valence-electron chi connectivity index (χ0n) is 11.8. The number of amides is 1. The van der Waals surface area contributed by atoms with Crippen LogP contribution in [0.1, 0.15) is 18.5 Å². The third-order valence-electron chi connectivity index (χ3n) is 3.16. The Morgan fingerprint density at radius 3 is 2.32 bits per heavy atom. The third kappa shape index (κ3) is 4.60. The van der Waals surface area contributed by atoms with Gasteiger partial charge in [0.2, 0.25) is 5.91 Å². The van der Waals surface area contributed by atoms with Crippen molar-refractivity contribution in [3.8, 4) is 0 Å². The molecule has 2 N–H and O–H groups in total. The van der Waals surface area contributed by atoms with Gasteiger partial charge in [-0.2, -0.15) is 0 Å². The molecule has 1 unspecified atom stereocenters. The number of benzene rings is 1. The summed E-state index contributed by atoms with van der Waals surface area (Å²) in [4.78, 5) is 15.6. The first-order chi connectivity index (χ1) is 8.99. The molecule has 106 valence electrons. The quantitative estimate of drug-likeness (QED) is 0.867. The fourth-order valence-electron chi connectivity index (χ4n) is 1.94. The fraction of sp³-hybridized carbons (Fsp3) is 0.500. The first kappa shape index (κ1) is 16.1. The molecule has 5 heteroatoms. The van der Waals surface area contributed by atoms with Crippen LogP contribution in [0.5, 0.6) is 0 Å². The Morgan fingerprint density at radius 1 is 1.32 bits per heavy atom. The second-order valence-corrected chi connectivity index (χ2v) is 5.57. The van der Waals surface area contributed by atoms with Crippen molar-refractivity contribution in [3.63, 3.8) is 0 Å². The van der Waals surface area contributed by atoms with Crippen molar-refractivity contribution in [2.45, 2.75) is 13.0 Å². The Morgan fingerprint density at radius 2 is 1.89 bits per heavy atom. The summed E-state index contributed by atoms with van der Waals surface area (Å²) in [5.74, 6) is 0.0948. The lowest BCUT2D eigenvalue weighted by atomic mass is 10.1. The largest absolute Gasteiger partial charge is 0.348 e. The van der Waals surface area contributed by atoms with Gasteiger partial charge in [0.15, 0.2) is 0 Å². The minimum Gasteiger partial charge on any atom is -0.348 e. The molecule has 1 aromatic rings. The SMILES string of the molecule is CCN(CC(=O)N(C)C)C(CN)c1ccc(Br)cc1. The molecule has 0 bridgehead atoms. The minimum atomic E-state index is 0.0713. The van der Waals surface area contributed by atoms with Crippen LogP contribution in [0.4, 0.5) is 0 Å². The lowest BCUT2D eigenvalue weighted by Crippen LogP contribution is -2.41. The van der Waals surface area contributed by atoms with Crippen LogP contribution < -0.4 is 5.73 Å². The van der Waals surface area contributed by atoms with Crippen LogP contribution in [0.15, 0.2) is 28.7 Å². The average molecular weight is 328 g/mol. The van der Waals surface area contributed by atoms with E-state index in [1.165, 1.54) is 0 Å². The molecule has 1 amide bonds. The van der Waals surface area contributed by atoms with E-state index < -0.39 is 0 Å². The number of halogens is 1. The summed E-state index contributed by atoms with van der Waals surface area (Å²) in [5.41, 5.74) is 7.03. The highest BCUT2D eigenvalue weighted by Gasteiger charge is 2.20. The average Bonchev–Trinajstić information content (AvgIpc) is 2.40. The molecule has 0 saturated carbocycles. The maximum atomic E-state index is 11.9. The Bertz CT molecular complexity index is 406. The van der Waals surface area contributed by atoms with Crippen LogP contribution >= 0.6 is 15.9 Å². The summed E-state index contributed by atoms with van der Waals surface area (Å²) in [6.45, 7) is 3.72. The zero-order valence-corrected chi connectivity index (χ0v) is 13.4. The molecular weight excluding hydrogens is 306 g/mol. The van der Waals surface area contributed by atoms with Gasteiger partial charge in [-0.05, 0) is 24.2 Å². The van der Waals surface area contributed by atoms with Gasteiger partial charge in [0.25, 0.3) is 0 Å². The van der Waals surface area contributed by atoms with E-state index in [0.717, 1.165) is 16.6 Å². The predicted molar refractivity (Wildman–Crippen MR) is 81.9 cm³/mol. The lowest BCUT2D eigenvalue weighted by Gasteiger charge is -2.30. The molecule has 0 saturated heterocycles. The molecule has 0 heterocycles. The van der Waals surface area contributed by atoms with E-state index in [2.05, 4.69) is 20.8 Å². The van der Waals surface area contributed by atoms with E-state index >= 15 is 0 Å². The van der Waals surface area contributed by atoms with Gasteiger partial charge in [-0.15, -0.1) is 0 Å². The predicted octanol–water partition coefficient (Wildman–Crippen LogP) is 1.86. The Kier molecular flexibility index (Phi) is 6.48. The molecule has 1 atom stereocenters. The zero-order chi connectivity index (χ0) is 14.4. The third-order valence-corrected chi connectivity index (χ3v) is 3.69. The number of nitrogens with two attached hydrogens (primary N) is 1. The van der Waals surface area contributed by atoms with Crippen LogP contribution in [0.2, 0.25) is 0 Å². The smallest absolute Gasteiger partial charge is 0.236 e. The fourth-order valence-corrected chi connectivity index (χ4v) is 2.20. The van der Waals surface area contributed by atoms with Gasteiger partial charge >= 0.3 is 0 Å². The Hall–Kier alpha value is -0.910. The van der Waals surface area contributed by atoms with Crippen molar-refractivity contribution in [2.24, 2.45) is 5.73 Å². The molecule has 19 heavy (non-hydrogen) atoms. The van der Waals surface area contributed by atoms with Crippen LogP contribution in [0.3, 0.4) is 0 Å². The minimum absolute atomic E-state index is 0.0713. The summed E-state index contributed by atoms with van der Waals surface area (Å²) >= 11 is 3.42. The number of hydrogen-bond acceptors (Lipinski definition) is 3. The number of nitrogens with zero attached hydrogens (tertiary/aromatic N) is 2. The van der Waals surface area contributed by atoms with Gasteiger partial charge in [0.05, 0.1) is 6.54 Å². The van der Waals surface area contributed by atoms with Crippen molar-refractivity contribution >= 4 is 21.8 Å². The highest BCUT2D eigenvalue weighted by atomic mass is 79.9. The molecule has 0 spiro atoms. The Labute approximate surface area is 123 Å².